The Labute approximate surface area is 212 Å². The molecule has 3 aromatic rings. The molecule has 184 valence electrons. The molecule has 0 spiro atoms. The van der Waals surface area contributed by atoms with Crippen LogP contribution in [0, 0.1) is 13.8 Å². The standard InChI is InChI=1S/C27H30ClN3O3S/c1-19-6-10-23(16-20(19)2)30-35(33,34)26-17-22(9-13-25(26)28)27(32)29-18-21-7-11-24(12-8-21)31-14-4-3-5-15-31/h6-13,16-17,30H,3-5,14-15,18H2,1-2H3,(H,29,32). The van der Waals surface area contributed by atoms with Crippen LogP contribution in [0.15, 0.2) is 65.6 Å². The number of nitrogens with zero attached hydrogens (tertiary/aromatic N) is 1. The maximum atomic E-state index is 13.0. The number of hydrogen-bond acceptors (Lipinski definition) is 4. The molecule has 1 fully saturated rings. The molecule has 0 bridgehead atoms. The zero-order chi connectivity index (χ0) is 25.0. The highest BCUT2D eigenvalue weighted by Gasteiger charge is 2.21. The van der Waals surface area contributed by atoms with Gasteiger partial charge in [0.25, 0.3) is 15.9 Å². The van der Waals surface area contributed by atoms with Gasteiger partial charge in [0, 0.05) is 36.6 Å². The molecular formula is C27H30ClN3O3S. The molecule has 0 unspecified atom stereocenters. The van der Waals surface area contributed by atoms with Crippen LogP contribution in [-0.4, -0.2) is 27.4 Å². The number of carbonyl (C=O) groups excluding carboxylic acids is 1. The van der Waals surface area contributed by atoms with Crippen LogP contribution in [0.2, 0.25) is 5.02 Å². The number of sulfonamides is 1. The smallest absolute Gasteiger partial charge is 0.263 e. The average Bonchev–Trinajstić information content (AvgIpc) is 2.85. The molecule has 4 rings (SSSR count). The zero-order valence-corrected chi connectivity index (χ0v) is 21.5. The normalized spacial score (nSPS) is 14.0. The van der Waals surface area contributed by atoms with Gasteiger partial charge in [-0.25, -0.2) is 8.42 Å². The van der Waals surface area contributed by atoms with Gasteiger partial charge in [-0.1, -0.05) is 29.8 Å². The molecule has 35 heavy (non-hydrogen) atoms. The third-order valence-corrected chi connectivity index (χ3v) is 8.22. The first-order valence-electron chi connectivity index (χ1n) is 11.7. The quantitative estimate of drug-likeness (QED) is 0.428. The summed E-state index contributed by atoms with van der Waals surface area (Å²) in [4.78, 5) is 15.0. The summed E-state index contributed by atoms with van der Waals surface area (Å²) in [5.41, 5.74) is 4.85. The topological polar surface area (TPSA) is 78.5 Å². The Hall–Kier alpha value is -3.03. The molecule has 1 aliphatic rings. The molecule has 0 aliphatic carbocycles. The first kappa shape index (κ1) is 25.1. The lowest BCUT2D eigenvalue weighted by molar-refractivity contribution is 0.0950. The van der Waals surface area contributed by atoms with Crippen LogP contribution >= 0.6 is 11.6 Å². The van der Waals surface area contributed by atoms with E-state index in [1.54, 1.807) is 12.1 Å². The molecule has 1 saturated heterocycles. The molecule has 0 atom stereocenters. The highest BCUT2D eigenvalue weighted by molar-refractivity contribution is 7.92. The molecule has 0 radical (unpaired) electrons. The summed E-state index contributed by atoms with van der Waals surface area (Å²) in [5, 5.41) is 2.91. The minimum atomic E-state index is -3.98. The van der Waals surface area contributed by atoms with Crippen LogP contribution in [0.4, 0.5) is 11.4 Å². The summed E-state index contributed by atoms with van der Waals surface area (Å²) in [5.74, 6) is -0.371. The van der Waals surface area contributed by atoms with Gasteiger partial charge in [0.15, 0.2) is 0 Å². The maximum Gasteiger partial charge on any atom is 0.263 e. The van der Waals surface area contributed by atoms with Crippen LogP contribution in [0.5, 0.6) is 0 Å². The number of anilines is 2. The predicted molar refractivity (Wildman–Crippen MR) is 142 cm³/mol. The fraction of sp³-hybridized carbons (Fsp3) is 0.296. The van der Waals surface area contributed by atoms with Crippen LogP contribution in [0.1, 0.15) is 46.3 Å². The van der Waals surface area contributed by atoms with Gasteiger partial charge in [-0.15, -0.1) is 0 Å². The summed E-state index contributed by atoms with van der Waals surface area (Å²) in [7, 11) is -3.98. The Morgan fingerprint density at radius 2 is 1.63 bits per heavy atom. The van der Waals surface area contributed by atoms with Crippen molar-refractivity contribution in [3.63, 3.8) is 0 Å². The molecule has 1 heterocycles. The van der Waals surface area contributed by atoms with Crippen molar-refractivity contribution in [3.05, 3.63) is 87.9 Å². The number of benzene rings is 3. The van der Waals surface area contributed by atoms with Gasteiger partial charge in [-0.3, -0.25) is 9.52 Å². The third kappa shape index (κ3) is 6.16. The van der Waals surface area contributed by atoms with E-state index in [4.69, 9.17) is 11.6 Å². The van der Waals surface area contributed by atoms with Crippen molar-refractivity contribution < 1.29 is 13.2 Å². The van der Waals surface area contributed by atoms with E-state index >= 15 is 0 Å². The van der Waals surface area contributed by atoms with E-state index in [9.17, 15) is 13.2 Å². The van der Waals surface area contributed by atoms with Crippen molar-refractivity contribution in [1.29, 1.82) is 0 Å². The first-order chi connectivity index (χ1) is 16.7. The van der Waals surface area contributed by atoms with Crippen LogP contribution in [0.3, 0.4) is 0 Å². The second-order valence-corrected chi connectivity index (χ2v) is 11.0. The lowest BCUT2D eigenvalue weighted by Gasteiger charge is -2.28. The van der Waals surface area contributed by atoms with Gasteiger partial charge in [0.05, 0.1) is 5.02 Å². The molecule has 3 aromatic carbocycles. The number of hydrogen-bond donors (Lipinski definition) is 2. The molecule has 1 aliphatic heterocycles. The summed E-state index contributed by atoms with van der Waals surface area (Å²) in [6.45, 7) is 6.36. The van der Waals surface area contributed by atoms with Gasteiger partial charge in [-0.05, 0) is 92.3 Å². The second-order valence-electron chi connectivity index (χ2n) is 8.95. The average molecular weight is 512 g/mol. The van der Waals surface area contributed by atoms with Gasteiger partial charge >= 0.3 is 0 Å². The van der Waals surface area contributed by atoms with Gasteiger partial charge < -0.3 is 10.2 Å². The van der Waals surface area contributed by atoms with Crippen LogP contribution in [0.25, 0.3) is 0 Å². The maximum absolute atomic E-state index is 13.0. The van der Waals surface area contributed by atoms with Crippen molar-refractivity contribution in [2.75, 3.05) is 22.7 Å². The number of halogens is 1. The Balaban J connectivity index is 1.43. The SMILES string of the molecule is Cc1ccc(NS(=O)(=O)c2cc(C(=O)NCc3ccc(N4CCCCC4)cc3)ccc2Cl)cc1C. The second kappa shape index (κ2) is 10.7. The van der Waals surface area contributed by atoms with E-state index in [2.05, 4.69) is 27.1 Å². The molecule has 2 N–H and O–H groups in total. The largest absolute Gasteiger partial charge is 0.372 e. The Morgan fingerprint density at radius 1 is 0.914 bits per heavy atom. The van der Waals surface area contributed by atoms with Crippen molar-refractivity contribution >= 4 is 38.9 Å². The Bertz CT molecular complexity index is 1320. The number of carbonyl (C=O) groups is 1. The Morgan fingerprint density at radius 3 is 2.31 bits per heavy atom. The van der Waals surface area contributed by atoms with E-state index in [0.717, 1.165) is 29.8 Å². The van der Waals surface area contributed by atoms with E-state index in [0.29, 0.717) is 12.2 Å². The number of amides is 1. The fourth-order valence-electron chi connectivity index (χ4n) is 4.13. The van der Waals surface area contributed by atoms with Gasteiger partial charge in [-0.2, -0.15) is 0 Å². The first-order valence-corrected chi connectivity index (χ1v) is 13.6. The number of aryl methyl sites for hydroxylation is 2. The fourth-order valence-corrected chi connectivity index (χ4v) is 5.70. The molecule has 0 saturated carbocycles. The lowest BCUT2D eigenvalue weighted by atomic mass is 10.1. The predicted octanol–water partition coefficient (Wildman–Crippen LogP) is 5.68. The van der Waals surface area contributed by atoms with Gasteiger partial charge in [0.2, 0.25) is 0 Å². The van der Waals surface area contributed by atoms with Crippen molar-refractivity contribution in [2.24, 2.45) is 0 Å². The lowest BCUT2D eigenvalue weighted by Crippen LogP contribution is -2.29. The number of nitrogens with one attached hydrogen (secondary N) is 2. The summed E-state index contributed by atoms with van der Waals surface area (Å²) < 4.78 is 28.6. The highest BCUT2D eigenvalue weighted by Crippen LogP contribution is 2.26. The minimum Gasteiger partial charge on any atom is -0.372 e. The van der Waals surface area contributed by atoms with Crippen LogP contribution < -0.4 is 14.9 Å². The summed E-state index contributed by atoms with van der Waals surface area (Å²) in [6, 6.07) is 17.7. The highest BCUT2D eigenvalue weighted by atomic mass is 35.5. The Kier molecular flexibility index (Phi) is 7.67. The monoisotopic (exact) mass is 511 g/mol. The molecule has 0 aromatic heterocycles. The van der Waals surface area contributed by atoms with E-state index in [1.807, 2.05) is 32.0 Å². The van der Waals surface area contributed by atoms with Crippen molar-refractivity contribution in [2.45, 2.75) is 44.6 Å². The number of rotatable bonds is 7. The van der Waals surface area contributed by atoms with E-state index < -0.39 is 10.0 Å². The van der Waals surface area contributed by atoms with E-state index in [-0.39, 0.29) is 21.4 Å². The molecule has 1 amide bonds. The van der Waals surface area contributed by atoms with Crippen LogP contribution in [-0.2, 0) is 16.6 Å². The minimum absolute atomic E-state index is 0.0474. The van der Waals surface area contributed by atoms with Crippen molar-refractivity contribution in [3.8, 4) is 0 Å². The molecular weight excluding hydrogens is 482 g/mol. The molecule has 6 nitrogen and oxygen atoms in total. The number of piperidine rings is 1. The van der Waals surface area contributed by atoms with E-state index in [1.165, 1.54) is 43.1 Å². The summed E-state index contributed by atoms with van der Waals surface area (Å²) in [6.07, 6.45) is 3.73. The third-order valence-electron chi connectivity index (χ3n) is 6.35. The summed E-state index contributed by atoms with van der Waals surface area (Å²) >= 11 is 6.21. The van der Waals surface area contributed by atoms with Crippen molar-refractivity contribution in [1.82, 2.24) is 5.32 Å². The molecule has 8 heteroatoms. The van der Waals surface area contributed by atoms with Gasteiger partial charge in [0.1, 0.15) is 4.90 Å². The zero-order valence-electron chi connectivity index (χ0n) is 20.0.